The molecule has 1 saturated heterocycles. The summed E-state index contributed by atoms with van der Waals surface area (Å²) >= 11 is 1.79. The van der Waals surface area contributed by atoms with Crippen LogP contribution in [0.2, 0.25) is 0 Å². The minimum absolute atomic E-state index is 0.104. The molecule has 6 N–H and O–H groups in total. The third-order valence-electron chi connectivity index (χ3n) is 3.18. The molecule has 10 heteroatoms. The van der Waals surface area contributed by atoms with Gasteiger partial charge in [-0.3, -0.25) is 4.79 Å². The van der Waals surface area contributed by atoms with Gasteiger partial charge in [0.1, 0.15) is 12.2 Å². The number of alkyl halides is 1. The Morgan fingerprint density at radius 2 is 2.05 bits per heavy atom. The van der Waals surface area contributed by atoms with Crippen LogP contribution in [0.3, 0.4) is 0 Å². The molecular weight excluding hydrogens is 401 g/mol. The average molecular weight is 419 g/mol. The third kappa shape index (κ3) is 4.23. The number of amides is 1. The lowest BCUT2D eigenvalue weighted by atomic mass is 9.89. The molecule has 0 aromatic heterocycles. The maximum Gasteiger partial charge on any atom is 0.364 e. The van der Waals surface area contributed by atoms with Gasteiger partial charge in [-0.05, 0) is 0 Å². The van der Waals surface area contributed by atoms with Crippen LogP contribution < -0.4 is 5.32 Å². The highest BCUT2D eigenvalue weighted by atomic mass is 127. The molecule has 0 spiro atoms. The summed E-state index contributed by atoms with van der Waals surface area (Å²) in [7, 11) is 0. The Morgan fingerprint density at radius 3 is 2.48 bits per heavy atom. The number of carbonyl (C=O) groups is 2. The molecule has 0 bridgehead atoms. The number of carbonyl (C=O) groups excluding carboxylic acids is 1. The van der Waals surface area contributed by atoms with Crippen molar-refractivity contribution in [2.45, 2.75) is 49.6 Å². The van der Waals surface area contributed by atoms with Gasteiger partial charge in [0.15, 0.2) is 0 Å². The number of hydrogen-bond acceptors (Lipinski definition) is 7. The van der Waals surface area contributed by atoms with Gasteiger partial charge in [0.2, 0.25) is 5.91 Å². The van der Waals surface area contributed by atoms with Crippen molar-refractivity contribution in [1.82, 2.24) is 5.32 Å². The number of carboxylic acids is 1. The summed E-state index contributed by atoms with van der Waals surface area (Å²) in [5, 5.41) is 50.8. The van der Waals surface area contributed by atoms with Crippen molar-refractivity contribution < 1.29 is 39.9 Å². The van der Waals surface area contributed by atoms with Crippen molar-refractivity contribution in [3.8, 4) is 0 Å². The van der Waals surface area contributed by atoms with E-state index in [-0.39, 0.29) is 4.43 Å². The Kier molecular flexibility index (Phi) is 6.31. The van der Waals surface area contributed by atoms with E-state index in [1.807, 2.05) is 0 Å². The zero-order chi connectivity index (χ0) is 16.4. The topological polar surface area (TPSA) is 157 Å². The first-order valence-electron chi connectivity index (χ1n) is 6.13. The maximum atomic E-state index is 11.2. The first kappa shape index (κ1) is 18.5. The molecule has 9 nitrogen and oxygen atoms in total. The highest BCUT2D eigenvalue weighted by molar-refractivity contribution is 14.1. The molecule has 0 radical (unpaired) electrons. The molecule has 21 heavy (non-hydrogen) atoms. The molecule has 1 amide bonds. The number of halogens is 1. The van der Waals surface area contributed by atoms with Crippen LogP contribution in [0.25, 0.3) is 0 Å². The van der Waals surface area contributed by atoms with E-state index in [4.69, 9.17) is 9.84 Å². The van der Waals surface area contributed by atoms with Crippen LogP contribution in [0, 0.1) is 0 Å². The zero-order valence-corrected chi connectivity index (χ0v) is 13.3. The summed E-state index contributed by atoms with van der Waals surface area (Å²) in [6.07, 6.45) is -6.51. The first-order valence-corrected chi connectivity index (χ1v) is 7.65. The lowest BCUT2D eigenvalue weighted by Crippen LogP contribution is -2.67. The summed E-state index contributed by atoms with van der Waals surface area (Å²) in [5.74, 6) is -4.97. The lowest BCUT2D eigenvalue weighted by Gasteiger charge is -2.44. The Bertz CT molecular complexity index is 408. The van der Waals surface area contributed by atoms with Crippen molar-refractivity contribution in [3.63, 3.8) is 0 Å². The van der Waals surface area contributed by atoms with Gasteiger partial charge in [-0.25, -0.2) is 4.79 Å². The van der Waals surface area contributed by atoms with Crippen molar-refractivity contribution in [1.29, 1.82) is 0 Å². The van der Waals surface area contributed by atoms with E-state index in [2.05, 4.69) is 5.32 Å². The van der Waals surface area contributed by atoms with Crippen molar-refractivity contribution in [2.75, 3.05) is 4.43 Å². The number of aliphatic hydroxyl groups excluding tert-OH is 3. The number of carboxylic acid groups (broad SMARTS) is 1. The van der Waals surface area contributed by atoms with E-state index in [0.717, 1.165) is 0 Å². The molecule has 1 unspecified atom stereocenters. The lowest BCUT2D eigenvalue weighted by molar-refractivity contribution is -0.293. The molecule has 0 saturated carbocycles. The van der Waals surface area contributed by atoms with Gasteiger partial charge >= 0.3 is 5.97 Å². The van der Waals surface area contributed by atoms with Gasteiger partial charge in [-0.1, -0.05) is 22.6 Å². The molecule has 1 heterocycles. The number of ether oxygens (including phenoxy) is 1. The molecule has 1 aliphatic heterocycles. The van der Waals surface area contributed by atoms with Gasteiger partial charge < -0.3 is 35.6 Å². The van der Waals surface area contributed by atoms with Gasteiger partial charge in [-0.2, -0.15) is 0 Å². The molecule has 0 aromatic carbocycles. The summed E-state index contributed by atoms with van der Waals surface area (Å²) in [6, 6.07) is -1.16. The number of rotatable bonds is 5. The Morgan fingerprint density at radius 1 is 1.48 bits per heavy atom. The van der Waals surface area contributed by atoms with Gasteiger partial charge in [0, 0.05) is 17.8 Å². The highest BCUT2D eigenvalue weighted by Crippen LogP contribution is 2.30. The second-order valence-electron chi connectivity index (χ2n) is 4.88. The van der Waals surface area contributed by atoms with Crippen LogP contribution in [-0.4, -0.2) is 78.1 Å². The molecule has 0 aromatic rings. The quantitative estimate of drug-likeness (QED) is 0.212. The molecule has 1 aliphatic rings. The summed E-state index contributed by atoms with van der Waals surface area (Å²) in [6.45, 7) is 1.17. The summed E-state index contributed by atoms with van der Waals surface area (Å²) in [5.41, 5.74) is 0. The van der Waals surface area contributed by atoms with E-state index in [9.17, 15) is 30.0 Å². The van der Waals surface area contributed by atoms with Gasteiger partial charge in [-0.15, -0.1) is 0 Å². The van der Waals surface area contributed by atoms with E-state index < -0.39 is 54.5 Å². The van der Waals surface area contributed by atoms with Crippen LogP contribution in [0.4, 0.5) is 0 Å². The first-order chi connectivity index (χ1) is 9.62. The molecule has 122 valence electrons. The fourth-order valence-corrected chi connectivity index (χ4v) is 2.64. The minimum Gasteiger partial charge on any atom is -0.477 e. The monoisotopic (exact) mass is 419 g/mol. The summed E-state index contributed by atoms with van der Waals surface area (Å²) in [4.78, 5) is 22.2. The fourth-order valence-electron chi connectivity index (χ4n) is 2.12. The van der Waals surface area contributed by atoms with Crippen molar-refractivity contribution >= 4 is 34.5 Å². The van der Waals surface area contributed by atoms with E-state index in [1.54, 1.807) is 22.6 Å². The zero-order valence-electron chi connectivity index (χ0n) is 11.1. The minimum atomic E-state index is -2.70. The van der Waals surface area contributed by atoms with Gasteiger partial charge in [0.25, 0.3) is 5.79 Å². The number of hydrogen-bond donors (Lipinski definition) is 6. The van der Waals surface area contributed by atoms with Crippen molar-refractivity contribution in [2.24, 2.45) is 0 Å². The molecular formula is C11H18INO8. The van der Waals surface area contributed by atoms with Crippen molar-refractivity contribution in [3.05, 3.63) is 0 Å². The molecule has 1 fully saturated rings. The normalized spacial score (nSPS) is 35.8. The van der Waals surface area contributed by atoms with Crippen LogP contribution >= 0.6 is 22.6 Å². The smallest absolute Gasteiger partial charge is 0.364 e. The Labute approximate surface area is 134 Å². The second-order valence-corrected chi connectivity index (χ2v) is 5.76. The van der Waals surface area contributed by atoms with Crippen LogP contribution in [-0.2, 0) is 14.3 Å². The van der Waals surface area contributed by atoms with E-state index in [0.29, 0.717) is 0 Å². The second kappa shape index (κ2) is 7.15. The predicted octanol–water partition coefficient (Wildman–Crippen LogP) is -2.43. The van der Waals surface area contributed by atoms with E-state index in [1.165, 1.54) is 6.92 Å². The van der Waals surface area contributed by atoms with Gasteiger partial charge in [0.05, 0.1) is 18.2 Å². The molecule has 6 atom stereocenters. The van der Waals surface area contributed by atoms with Crippen LogP contribution in [0.1, 0.15) is 13.3 Å². The highest BCUT2D eigenvalue weighted by Gasteiger charge is 2.53. The molecule has 1 rings (SSSR count). The van der Waals surface area contributed by atoms with Crippen LogP contribution in [0.5, 0.6) is 0 Å². The largest absolute Gasteiger partial charge is 0.477 e. The molecule has 0 aliphatic carbocycles. The standard InChI is InChI=1S/C11H18INO8/c1-4(14)13-7-5(15)2-11(20,10(18)19)21-9(7)8(17)6(16)3-12/h5-9,15-17,20H,2-3H2,1H3,(H,13,14)(H,18,19)/t5-,6+,7+,8+,9?,11-/m0/s1. The average Bonchev–Trinajstić information content (AvgIpc) is 2.39. The number of aliphatic carboxylic acids is 1. The number of aliphatic hydroxyl groups is 4. The van der Waals surface area contributed by atoms with Crippen LogP contribution in [0.15, 0.2) is 0 Å². The Hall–Kier alpha value is -0.530. The number of nitrogens with one attached hydrogen (secondary N) is 1. The third-order valence-corrected chi connectivity index (χ3v) is 4.08. The maximum absolute atomic E-state index is 11.2. The predicted molar refractivity (Wildman–Crippen MR) is 76.6 cm³/mol. The van der Waals surface area contributed by atoms with E-state index >= 15 is 0 Å². The summed E-state index contributed by atoms with van der Waals surface area (Å²) < 4.78 is 5.08. The SMILES string of the molecule is CC(=O)N[C@H]1C([C@H](O)[C@H](O)CI)O[C@](O)(C(=O)O)C[C@@H]1O. The Balaban J connectivity index is 3.07. The fraction of sp³-hybridized carbons (Fsp3) is 0.818.